The monoisotopic (exact) mass is 274 g/mol. The molecule has 1 aromatic carbocycles. The van der Waals surface area contributed by atoms with Gasteiger partial charge in [0.15, 0.2) is 0 Å². The molecule has 1 saturated heterocycles. The summed E-state index contributed by atoms with van der Waals surface area (Å²) in [6.07, 6.45) is 0.0815. The first-order valence-corrected chi connectivity index (χ1v) is 6.91. The Morgan fingerprint density at radius 3 is 2.90 bits per heavy atom. The highest BCUT2D eigenvalue weighted by molar-refractivity contribution is 5.37. The van der Waals surface area contributed by atoms with Gasteiger partial charge in [-0.2, -0.15) is 5.26 Å². The molecule has 1 heterocycles. The first-order chi connectivity index (χ1) is 9.54. The van der Waals surface area contributed by atoms with Gasteiger partial charge in [-0.3, -0.25) is 4.90 Å². The van der Waals surface area contributed by atoms with E-state index in [1.807, 2.05) is 24.3 Å². The van der Waals surface area contributed by atoms with E-state index >= 15 is 0 Å². The fourth-order valence-electron chi connectivity index (χ4n) is 2.82. The number of nitriles is 1. The maximum absolute atomic E-state index is 9.17. The first kappa shape index (κ1) is 15.0. The molecule has 1 aliphatic heterocycles. The zero-order chi connectivity index (χ0) is 14.6. The van der Waals surface area contributed by atoms with E-state index in [0.29, 0.717) is 6.61 Å². The van der Waals surface area contributed by atoms with E-state index in [0.717, 1.165) is 30.8 Å². The maximum atomic E-state index is 9.17. The lowest BCUT2D eigenvalue weighted by Crippen LogP contribution is -2.53. The number of hydrogen-bond donors (Lipinski definition) is 0. The molecular weight excluding hydrogens is 252 g/mol. The third-order valence-corrected chi connectivity index (χ3v) is 3.44. The summed E-state index contributed by atoms with van der Waals surface area (Å²) in [4.78, 5) is 2.34. The van der Waals surface area contributed by atoms with Crippen molar-refractivity contribution in [3.8, 4) is 6.07 Å². The summed E-state index contributed by atoms with van der Waals surface area (Å²) in [6.45, 7) is 7.25. The molecule has 2 rings (SSSR count). The van der Waals surface area contributed by atoms with Gasteiger partial charge in [-0.15, -0.1) is 0 Å². The lowest BCUT2D eigenvalue weighted by atomic mass is 10.0. The second kappa shape index (κ2) is 6.36. The van der Waals surface area contributed by atoms with Gasteiger partial charge in [-0.25, -0.2) is 0 Å². The summed E-state index contributed by atoms with van der Waals surface area (Å²) in [7, 11) is 1.69. The van der Waals surface area contributed by atoms with Gasteiger partial charge in [0.25, 0.3) is 0 Å². The normalized spacial score (nSPS) is 22.4. The Hall–Kier alpha value is -1.41. The molecule has 0 amide bonds. The minimum absolute atomic E-state index is 0.0815. The van der Waals surface area contributed by atoms with Crippen molar-refractivity contribution in [1.82, 2.24) is 4.90 Å². The molecule has 0 saturated carbocycles. The molecule has 0 aliphatic carbocycles. The van der Waals surface area contributed by atoms with E-state index in [2.05, 4.69) is 24.8 Å². The summed E-state index contributed by atoms with van der Waals surface area (Å²) in [5, 5.41) is 9.17. The Labute approximate surface area is 120 Å². The van der Waals surface area contributed by atoms with Gasteiger partial charge in [0.2, 0.25) is 0 Å². The Morgan fingerprint density at radius 1 is 1.45 bits per heavy atom. The highest BCUT2D eigenvalue weighted by Crippen LogP contribution is 2.23. The fourth-order valence-corrected chi connectivity index (χ4v) is 2.82. The van der Waals surface area contributed by atoms with Crippen molar-refractivity contribution in [2.75, 3.05) is 26.8 Å². The highest BCUT2D eigenvalue weighted by Gasteiger charge is 2.33. The number of hydrogen-bond acceptors (Lipinski definition) is 4. The van der Waals surface area contributed by atoms with Crippen LogP contribution in [-0.2, 0) is 16.0 Å². The Bertz CT molecular complexity index is 493. The summed E-state index contributed by atoms with van der Waals surface area (Å²) >= 11 is 0. The van der Waals surface area contributed by atoms with Crippen LogP contribution in [0.3, 0.4) is 0 Å². The smallest absolute Gasteiger partial charge is 0.0995 e. The van der Waals surface area contributed by atoms with Crippen molar-refractivity contribution in [3.63, 3.8) is 0 Å². The molecule has 1 aromatic rings. The number of ether oxygens (including phenoxy) is 2. The van der Waals surface area contributed by atoms with Crippen LogP contribution in [0.2, 0.25) is 0 Å². The molecule has 0 N–H and O–H groups in total. The molecule has 4 nitrogen and oxygen atoms in total. The zero-order valence-electron chi connectivity index (χ0n) is 12.4. The quantitative estimate of drug-likeness (QED) is 0.844. The van der Waals surface area contributed by atoms with Gasteiger partial charge in [0.05, 0.1) is 29.9 Å². The molecule has 1 unspecified atom stereocenters. The van der Waals surface area contributed by atoms with Gasteiger partial charge >= 0.3 is 0 Å². The lowest BCUT2D eigenvalue weighted by molar-refractivity contribution is -0.154. The molecule has 0 aromatic heterocycles. The van der Waals surface area contributed by atoms with Crippen molar-refractivity contribution in [2.45, 2.75) is 32.1 Å². The van der Waals surface area contributed by atoms with Crippen molar-refractivity contribution in [2.24, 2.45) is 0 Å². The first-order valence-electron chi connectivity index (χ1n) is 6.91. The SMILES string of the molecule is COCC1CN(Cc2ccccc2C#N)CC(C)(C)O1. The van der Waals surface area contributed by atoms with E-state index in [1.165, 1.54) is 0 Å². The number of morpholine rings is 1. The summed E-state index contributed by atoms with van der Waals surface area (Å²) < 4.78 is 11.2. The number of methoxy groups -OCH3 is 1. The largest absolute Gasteiger partial charge is 0.382 e. The van der Waals surface area contributed by atoms with Crippen molar-refractivity contribution >= 4 is 0 Å². The van der Waals surface area contributed by atoms with Crippen molar-refractivity contribution < 1.29 is 9.47 Å². The molecule has 4 heteroatoms. The van der Waals surface area contributed by atoms with Crippen LogP contribution in [0.1, 0.15) is 25.0 Å². The van der Waals surface area contributed by atoms with Gasteiger partial charge in [-0.05, 0) is 25.5 Å². The minimum atomic E-state index is -0.191. The van der Waals surface area contributed by atoms with Gasteiger partial charge in [0.1, 0.15) is 0 Å². The van der Waals surface area contributed by atoms with Crippen LogP contribution in [0, 0.1) is 11.3 Å². The van der Waals surface area contributed by atoms with Crippen LogP contribution < -0.4 is 0 Å². The average molecular weight is 274 g/mol. The van der Waals surface area contributed by atoms with E-state index in [9.17, 15) is 5.26 Å². The molecule has 0 spiro atoms. The van der Waals surface area contributed by atoms with E-state index < -0.39 is 0 Å². The standard InChI is InChI=1S/C16H22N2O2/c1-16(2)12-18(10-15(20-16)11-19-3)9-14-7-5-4-6-13(14)8-17/h4-7,15H,9-12H2,1-3H3. The minimum Gasteiger partial charge on any atom is -0.382 e. The third-order valence-electron chi connectivity index (χ3n) is 3.44. The summed E-state index contributed by atoms with van der Waals surface area (Å²) in [5.74, 6) is 0. The predicted molar refractivity (Wildman–Crippen MR) is 77.3 cm³/mol. The van der Waals surface area contributed by atoms with E-state index in [-0.39, 0.29) is 11.7 Å². The molecule has 108 valence electrons. The second-order valence-corrected chi connectivity index (χ2v) is 5.89. The fraction of sp³-hybridized carbons (Fsp3) is 0.562. The van der Waals surface area contributed by atoms with Gasteiger partial charge in [0, 0.05) is 26.7 Å². The molecule has 0 radical (unpaired) electrons. The van der Waals surface area contributed by atoms with Crippen LogP contribution >= 0.6 is 0 Å². The average Bonchev–Trinajstić information content (AvgIpc) is 2.38. The van der Waals surface area contributed by atoms with Crippen molar-refractivity contribution in [1.29, 1.82) is 5.26 Å². The molecule has 0 bridgehead atoms. The third kappa shape index (κ3) is 3.80. The molecule has 1 aliphatic rings. The second-order valence-electron chi connectivity index (χ2n) is 5.89. The Balaban J connectivity index is 2.10. The van der Waals surface area contributed by atoms with E-state index in [1.54, 1.807) is 7.11 Å². The van der Waals surface area contributed by atoms with Crippen LogP contribution in [0.25, 0.3) is 0 Å². The zero-order valence-corrected chi connectivity index (χ0v) is 12.4. The van der Waals surface area contributed by atoms with Crippen molar-refractivity contribution in [3.05, 3.63) is 35.4 Å². The molecule has 20 heavy (non-hydrogen) atoms. The van der Waals surface area contributed by atoms with E-state index in [4.69, 9.17) is 9.47 Å². The van der Waals surface area contributed by atoms with Gasteiger partial charge in [-0.1, -0.05) is 18.2 Å². The Morgan fingerprint density at radius 2 is 2.20 bits per heavy atom. The topological polar surface area (TPSA) is 45.5 Å². The molecule has 1 atom stereocenters. The number of rotatable bonds is 4. The Kier molecular flexibility index (Phi) is 4.77. The summed E-state index contributed by atoms with van der Waals surface area (Å²) in [6, 6.07) is 10.0. The maximum Gasteiger partial charge on any atom is 0.0995 e. The lowest BCUT2D eigenvalue weighted by Gasteiger charge is -2.42. The molecular formula is C16H22N2O2. The highest BCUT2D eigenvalue weighted by atomic mass is 16.5. The van der Waals surface area contributed by atoms with Crippen LogP contribution in [0.15, 0.2) is 24.3 Å². The van der Waals surface area contributed by atoms with Gasteiger partial charge < -0.3 is 9.47 Å². The molecule has 1 fully saturated rings. The number of nitrogens with zero attached hydrogens (tertiary/aromatic N) is 2. The van der Waals surface area contributed by atoms with Crippen LogP contribution in [0.5, 0.6) is 0 Å². The van der Waals surface area contributed by atoms with Crippen LogP contribution in [-0.4, -0.2) is 43.4 Å². The predicted octanol–water partition coefficient (Wildman–Crippen LogP) is 2.18. The van der Waals surface area contributed by atoms with Crippen LogP contribution in [0.4, 0.5) is 0 Å². The summed E-state index contributed by atoms with van der Waals surface area (Å²) in [5.41, 5.74) is 1.63. The number of benzene rings is 1.